The predicted molar refractivity (Wildman–Crippen MR) is 78.1 cm³/mol. The summed E-state index contributed by atoms with van der Waals surface area (Å²) in [7, 11) is 0. The molecule has 0 bridgehead atoms. The van der Waals surface area contributed by atoms with Crippen molar-refractivity contribution in [2.45, 2.75) is 45.5 Å². The molecular formula is C14H17F3N4O2. The van der Waals surface area contributed by atoms with E-state index in [-0.39, 0.29) is 12.4 Å². The number of rotatable bonds is 3. The first kappa shape index (κ1) is 17.0. The Bertz CT molecular complexity index is 704. The SMILES string of the molecule is CC(C)(C)OC(=O)Nc1cc2cnn(CCC(F)(F)F)c2cn1. The summed E-state index contributed by atoms with van der Waals surface area (Å²) in [6, 6.07) is 1.52. The van der Waals surface area contributed by atoms with Crippen molar-refractivity contribution in [3.8, 4) is 0 Å². The third kappa shape index (κ3) is 5.11. The van der Waals surface area contributed by atoms with Gasteiger partial charge in [0, 0.05) is 5.39 Å². The highest BCUT2D eigenvalue weighted by atomic mass is 19.4. The molecule has 2 heterocycles. The molecule has 0 aromatic carbocycles. The van der Waals surface area contributed by atoms with Crippen LogP contribution >= 0.6 is 0 Å². The number of aryl methyl sites for hydroxylation is 1. The number of carbonyl (C=O) groups is 1. The van der Waals surface area contributed by atoms with E-state index in [0.717, 1.165) is 0 Å². The number of alkyl halides is 3. The molecule has 0 aliphatic carbocycles. The van der Waals surface area contributed by atoms with Crippen LogP contribution in [-0.4, -0.2) is 32.6 Å². The van der Waals surface area contributed by atoms with Crippen molar-refractivity contribution in [1.29, 1.82) is 0 Å². The topological polar surface area (TPSA) is 69.0 Å². The number of aromatic nitrogens is 3. The Morgan fingerprint density at radius 3 is 2.61 bits per heavy atom. The average molecular weight is 330 g/mol. The summed E-state index contributed by atoms with van der Waals surface area (Å²) in [5.41, 5.74) is -0.180. The van der Waals surface area contributed by atoms with Gasteiger partial charge in [-0.05, 0) is 26.8 Å². The van der Waals surface area contributed by atoms with Gasteiger partial charge in [0.15, 0.2) is 0 Å². The zero-order chi connectivity index (χ0) is 17.3. The number of fused-ring (bicyclic) bond motifs is 1. The molecule has 0 saturated carbocycles. The number of halogens is 3. The molecular weight excluding hydrogens is 313 g/mol. The molecule has 1 amide bonds. The number of amides is 1. The lowest BCUT2D eigenvalue weighted by Crippen LogP contribution is -2.27. The van der Waals surface area contributed by atoms with Crippen LogP contribution in [0.5, 0.6) is 0 Å². The number of pyridine rings is 1. The van der Waals surface area contributed by atoms with Gasteiger partial charge < -0.3 is 4.74 Å². The quantitative estimate of drug-likeness (QED) is 0.931. The molecule has 0 radical (unpaired) electrons. The summed E-state index contributed by atoms with van der Waals surface area (Å²) >= 11 is 0. The third-order valence-corrected chi connectivity index (χ3v) is 2.76. The smallest absolute Gasteiger partial charge is 0.413 e. The highest BCUT2D eigenvalue weighted by Gasteiger charge is 2.27. The van der Waals surface area contributed by atoms with Gasteiger partial charge in [-0.15, -0.1) is 0 Å². The average Bonchev–Trinajstić information content (AvgIpc) is 2.75. The van der Waals surface area contributed by atoms with Crippen LogP contribution in [0.4, 0.5) is 23.8 Å². The lowest BCUT2D eigenvalue weighted by molar-refractivity contribution is -0.137. The van der Waals surface area contributed by atoms with Crippen molar-refractivity contribution in [1.82, 2.24) is 14.8 Å². The zero-order valence-electron chi connectivity index (χ0n) is 12.9. The zero-order valence-corrected chi connectivity index (χ0v) is 12.9. The Labute approximate surface area is 130 Å². The van der Waals surface area contributed by atoms with Crippen molar-refractivity contribution >= 4 is 22.8 Å². The predicted octanol–water partition coefficient (Wildman–Crippen LogP) is 3.73. The first-order chi connectivity index (χ1) is 10.5. The highest BCUT2D eigenvalue weighted by molar-refractivity contribution is 5.87. The first-order valence-electron chi connectivity index (χ1n) is 6.92. The van der Waals surface area contributed by atoms with E-state index in [9.17, 15) is 18.0 Å². The van der Waals surface area contributed by atoms with Crippen LogP contribution in [0.3, 0.4) is 0 Å². The molecule has 2 aromatic heterocycles. The summed E-state index contributed by atoms with van der Waals surface area (Å²) in [4.78, 5) is 15.7. The van der Waals surface area contributed by atoms with Gasteiger partial charge in [0.05, 0.1) is 30.9 Å². The van der Waals surface area contributed by atoms with Crippen LogP contribution in [0.25, 0.3) is 10.9 Å². The van der Waals surface area contributed by atoms with E-state index in [1.54, 1.807) is 20.8 Å². The van der Waals surface area contributed by atoms with E-state index in [4.69, 9.17) is 4.74 Å². The minimum atomic E-state index is -4.25. The standard InChI is InChI=1S/C14H17F3N4O2/c1-13(2,3)23-12(22)20-11-6-9-7-19-21(10(9)8-18-11)5-4-14(15,16)17/h6-8H,4-5H2,1-3H3,(H,18,20,22). The number of hydrogen-bond acceptors (Lipinski definition) is 4. The van der Waals surface area contributed by atoms with Crippen LogP contribution in [0.15, 0.2) is 18.5 Å². The van der Waals surface area contributed by atoms with Gasteiger partial charge in [0.25, 0.3) is 0 Å². The molecule has 0 spiro atoms. The van der Waals surface area contributed by atoms with Gasteiger partial charge in [-0.25, -0.2) is 9.78 Å². The maximum absolute atomic E-state index is 12.3. The molecule has 126 valence electrons. The monoisotopic (exact) mass is 330 g/mol. The largest absolute Gasteiger partial charge is 0.444 e. The van der Waals surface area contributed by atoms with Gasteiger partial charge in [0.2, 0.25) is 0 Å². The molecule has 2 aromatic rings. The molecule has 1 N–H and O–H groups in total. The summed E-state index contributed by atoms with van der Waals surface area (Å²) in [6.07, 6.45) is -3.08. The Morgan fingerprint density at radius 1 is 1.30 bits per heavy atom. The molecule has 6 nitrogen and oxygen atoms in total. The van der Waals surface area contributed by atoms with E-state index in [2.05, 4.69) is 15.4 Å². The first-order valence-corrected chi connectivity index (χ1v) is 6.92. The van der Waals surface area contributed by atoms with Crippen LogP contribution in [0.2, 0.25) is 0 Å². The fourth-order valence-corrected chi connectivity index (χ4v) is 1.86. The molecule has 0 fully saturated rings. The molecule has 0 saturated heterocycles. The van der Waals surface area contributed by atoms with E-state index in [0.29, 0.717) is 10.9 Å². The van der Waals surface area contributed by atoms with Crippen LogP contribution in [0.1, 0.15) is 27.2 Å². The van der Waals surface area contributed by atoms with Gasteiger partial charge in [0.1, 0.15) is 11.4 Å². The third-order valence-electron chi connectivity index (χ3n) is 2.76. The Balaban J connectivity index is 2.10. The Kier molecular flexibility index (Phi) is 4.49. The van der Waals surface area contributed by atoms with Crippen LogP contribution < -0.4 is 5.32 Å². The van der Waals surface area contributed by atoms with Crippen LogP contribution in [0, 0.1) is 0 Å². The van der Waals surface area contributed by atoms with E-state index in [1.165, 1.54) is 23.1 Å². The number of hydrogen-bond donors (Lipinski definition) is 1. The number of carbonyl (C=O) groups excluding carboxylic acids is 1. The maximum Gasteiger partial charge on any atom is 0.413 e. The summed E-state index contributed by atoms with van der Waals surface area (Å²) in [6.45, 7) is 4.91. The molecule has 0 atom stereocenters. The molecule has 0 unspecified atom stereocenters. The lowest BCUT2D eigenvalue weighted by atomic mass is 10.2. The fraction of sp³-hybridized carbons (Fsp3) is 0.500. The molecule has 0 aliphatic heterocycles. The summed E-state index contributed by atoms with van der Waals surface area (Å²) in [5, 5.41) is 6.95. The number of nitrogens with zero attached hydrogens (tertiary/aromatic N) is 3. The minimum absolute atomic E-state index is 0.238. The van der Waals surface area contributed by atoms with E-state index >= 15 is 0 Å². The Morgan fingerprint density at radius 2 is 2.00 bits per heavy atom. The van der Waals surface area contributed by atoms with Gasteiger partial charge >= 0.3 is 12.3 Å². The van der Waals surface area contributed by atoms with Crippen molar-refractivity contribution < 1.29 is 22.7 Å². The number of ether oxygens (including phenoxy) is 1. The van der Waals surface area contributed by atoms with Crippen LogP contribution in [-0.2, 0) is 11.3 Å². The second kappa shape index (κ2) is 6.05. The second-order valence-electron chi connectivity index (χ2n) is 5.99. The normalized spacial score (nSPS) is 12.4. The second-order valence-corrected chi connectivity index (χ2v) is 5.99. The van der Waals surface area contributed by atoms with Gasteiger partial charge in [-0.1, -0.05) is 0 Å². The lowest BCUT2D eigenvalue weighted by Gasteiger charge is -2.19. The van der Waals surface area contributed by atoms with Gasteiger partial charge in [-0.3, -0.25) is 10.00 Å². The molecule has 2 rings (SSSR count). The maximum atomic E-state index is 12.3. The summed E-state index contributed by atoms with van der Waals surface area (Å²) < 4.78 is 43.1. The number of anilines is 1. The van der Waals surface area contributed by atoms with E-state index in [1.807, 2.05) is 0 Å². The number of nitrogens with one attached hydrogen (secondary N) is 1. The molecule has 9 heteroatoms. The molecule has 23 heavy (non-hydrogen) atoms. The minimum Gasteiger partial charge on any atom is -0.444 e. The van der Waals surface area contributed by atoms with Crippen molar-refractivity contribution in [2.24, 2.45) is 0 Å². The highest BCUT2D eigenvalue weighted by Crippen LogP contribution is 2.22. The molecule has 0 aliphatic rings. The Hall–Kier alpha value is -2.32. The van der Waals surface area contributed by atoms with Crippen molar-refractivity contribution in [3.05, 3.63) is 18.5 Å². The van der Waals surface area contributed by atoms with Crippen molar-refractivity contribution in [3.63, 3.8) is 0 Å². The van der Waals surface area contributed by atoms with Crippen molar-refractivity contribution in [2.75, 3.05) is 5.32 Å². The van der Waals surface area contributed by atoms with E-state index < -0.39 is 24.3 Å². The fourth-order valence-electron chi connectivity index (χ4n) is 1.86. The summed E-state index contributed by atoms with van der Waals surface area (Å²) in [5.74, 6) is 0.238. The van der Waals surface area contributed by atoms with Gasteiger partial charge in [-0.2, -0.15) is 18.3 Å².